The third-order valence-corrected chi connectivity index (χ3v) is 7.03. The number of aryl methyl sites for hydroxylation is 3. The molecule has 0 saturated heterocycles. The molecular weight excluding hydrogens is 430 g/mol. The number of carbonyl (C=O) groups is 1. The van der Waals surface area contributed by atoms with Crippen molar-refractivity contribution in [2.24, 2.45) is 5.92 Å². The van der Waals surface area contributed by atoms with Crippen molar-refractivity contribution >= 4 is 27.0 Å². The van der Waals surface area contributed by atoms with Gasteiger partial charge in [0.15, 0.2) is 0 Å². The summed E-state index contributed by atoms with van der Waals surface area (Å²) in [6.45, 7) is 10.5. The number of benzene rings is 2. The van der Waals surface area contributed by atoms with Crippen molar-refractivity contribution in [3.8, 4) is 5.75 Å². The first kappa shape index (κ1) is 23.7. The van der Waals surface area contributed by atoms with Gasteiger partial charge in [-0.3, -0.25) is 0 Å². The van der Waals surface area contributed by atoms with Gasteiger partial charge in [0.25, 0.3) is 0 Å². The van der Waals surface area contributed by atoms with E-state index < -0.39 is 27.7 Å². The summed E-state index contributed by atoms with van der Waals surface area (Å²) in [5, 5.41) is 0.750. The Labute approximate surface area is 187 Å². The maximum absolute atomic E-state index is 13.0. The fourth-order valence-corrected chi connectivity index (χ4v) is 4.65. The van der Waals surface area contributed by atoms with Crippen LogP contribution < -0.4 is 15.1 Å². The Kier molecular flexibility index (Phi) is 6.57. The van der Waals surface area contributed by atoms with Gasteiger partial charge in [-0.25, -0.2) is 18.0 Å². The van der Waals surface area contributed by atoms with E-state index in [2.05, 4.69) is 4.72 Å². The predicted octanol–water partition coefficient (Wildman–Crippen LogP) is 3.94. The van der Waals surface area contributed by atoms with Gasteiger partial charge in [0, 0.05) is 16.5 Å². The van der Waals surface area contributed by atoms with E-state index in [4.69, 9.17) is 9.15 Å². The second-order valence-electron chi connectivity index (χ2n) is 8.28. The second kappa shape index (κ2) is 8.88. The van der Waals surface area contributed by atoms with Crippen molar-refractivity contribution in [1.29, 1.82) is 0 Å². The highest BCUT2D eigenvalue weighted by molar-refractivity contribution is 7.89. The SMILES string of the molecule is Cc1ccc(S(=O)(=O)N[C@H](C(=O)Oc2ccc3c(C)c(C)c(=O)oc3c2C)C(C)C)cc1. The minimum absolute atomic E-state index is 0.0658. The molecule has 0 amide bonds. The Hall–Kier alpha value is -2.97. The topological polar surface area (TPSA) is 103 Å². The molecule has 0 aliphatic rings. The summed E-state index contributed by atoms with van der Waals surface area (Å²) >= 11 is 0. The molecule has 1 atom stereocenters. The van der Waals surface area contributed by atoms with Gasteiger partial charge in [-0.05, 0) is 63.4 Å². The Balaban J connectivity index is 1.92. The molecule has 0 spiro atoms. The summed E-state index contributed by atoms with van der Waals surface area (Å²) in [5.41, 5.74) is 2.61. The van der Waals surface area contributed by atoms with E-state index in [0.29, 0.717) is 16.7 Å². The van der Waals surface area contributed by atoms with Crippen LogP contribution in [0.4, 0.5) is 0 Å². The lowest BCUT2D eigenvalue weighted by Gasteiger charge is -2.21. The molecule has 3 aromatic rings. The molecule has 2 aromatic carbocycles. The van der Waals surface area contributed by atoms with Crippen molar-refractivity contribution in [1.82, 2.24) is 4.72 Å². The normalized spacial score (nSPS) is 12.8. The van der Waals surface area contributed by atoms with Crippen molar-refractivity contribution < 1.29 is 22.4 Å². The second-order valence-corrected chi connectivity index (χ2v) is 10.00. The first-order valence-electron chi connectivity index (χ1n) is 10.3. The van der Waals surface area contributed by atoms with Crippen LogP contribution in [0, 0.1) is 33.6 Å². The zero-order chi connectivity index (χ0) is 23.8. The first-order chi connectivity index (χ1) is 14.9. The fraction of sp³-hybridized carbons (Fsp3) is 0.333. The van der Waals surface area contributed by atoms with Gasteiger partial charge in [0.2, 0.25) is 10.0 Å². The Bertz CT molecular complexity index is 1340. The highest BCUT2D eigenvalue weighted by Crippen LogP contribution is 2.29. The highest BCUT2D eigenvalue weighted by Gasteiger charge is 2.30. The summed E-state index contributed by atoms with van der Waals surface area (Å²) in [7, 11) is -3.93. The van der Waals surface area contributed by atoms with Gasteiger partial charge in [0.1, 0.15) is 17.4 Å². The maximum atomic E-state index is 13.0. The van der Waals surface area contributed by atoms with Crippen LogP contribution in [0.3, 0.4) is 0 Å². The van der Waals surface area contributed by atoms with Crippen LogP contribution in [-0.2, 0) is 14.8 Å². The van der Waals surface area contributed by atoms with E-state index in [0.717, 1.165) is 16.5 Å². The lowest BCUT2D eigenvalue weighted by atomic mass is 10.0. The molecule has 0 aliphatic heterocycles. The highest BCUT2D eigenvalue weighted by atomic mass is 32.2. The zero-order valence-electron chi connectivity index (χ0n) is 19.0. The minimum atomic E-state index is -3.93. The number of hydrogen-bond donors (Lipinski definition) is 1. The molecule has 1 heterocycles. The molecule has 8 heteroatoms. The van der Waals surface area contributed by atoms with Gasteiger partial charge in [-0.1, -0.05) is 31.5 Å². The number of hydrogen-bond acceptors (Lipinski definition) is 6. The van der Waals surface area contributed by atoms with E-state index >= 15 is 0 Å². The molecule has 0 saturated carbocycles. The molecular formula is C24H27NO6S. The lowest BCUT2D eigenvalue weighted by molar-refractivity contribution is -0.137. The van der Waals surface area contributed by atoms with Gasteiger partial charge >= 0.3 is 11.6 Å². The number of sulfonamides is 1. The zero-order valence-corrected chi connectivity index (χ0v) is 19.8. The average molecular weight is 458 g/mol. The molecule has 7 nitrogen and oxygen atoms in total. The third-order valence-electron chi connectivity index (χ3n) is 5.57. The number of carbonyl (C=O) groups excluding carboxylic acids is 1. The Morgan fingerprint density at radius 3 is 2.16 bits per heavy atom. The molecule has 0 unspecified atom stereocenters. The molecule has 0 radical (unpaired) electrons. The molecule has 0 fully saturated rings. The maximum Gasteiger partial charge on any atom is 0.339 e. The van der Waals surface area contributed by atoms with Gasteiger partial charge < -0.3 is 9.15 Å². The molecule has 0 bridgehead atoms. The van der Waals surface area contributed by atoms with Crippen LogP contribution in [0.1, 0.15) is 36.1 Å². The fourth-order valence-electron chi connectivity index (χ4n) is 3.32. The molecule has 32 heavy (non-hydrogen) atoms. The van der Waals surface area contributed by atoms with Crippen molar-refractivity contribution in [3.63, 3.8) is 0 Å². The number of ether oxygens (including phenoxy) is 1. The summed E-state index contributed by atoms with van der Waals surface area (Å²) in [5.74, 6) is -0.912. The summed E-state index contributed by atoms with van der Waals surface area (Å²) in [6, 6.07) is 8.58. The third kappa shape index (κ3) is 4.61. The van der Waals surface area contributed by atoms with Crippen LogP contribution in [0.5, 0.6) is 5.75 Å². The standard InChI is InChI=1S/C24H27NO6S/c1-13(2)21(25-32(28,29)18-9-7-14(3)8-10-18)24(27)30-20-12-11-19-15(4)16(5)23(26)31-22(19)17(20)6/h7-13,21,25H,1-6H3/t21-/m0/s1. The van der Waals surface area contributed by atoms with Crippen molar-refractivity contribution in [2.45, 2.75) is 52.5 Å². The smallest absolute Gasteiger partial charge is 0.339 e. The van der Waals surface area contributed by atoms with Crippen LogP contribution >= 0.6 is 0 Å². The molecule has 1 aromatic heterocycles. The van der Waals surface area contributed by atoms with Crippen LogP contribution in [-0.4, -0.2) is 20.4 Å². The number of fused-ring (bicyclic) bond motifs is 1. The molecule has 0 aliphatic carbocycles. The van der Waals surface area contributed by atoms with Crippen LogP contribution in [0.15, 0.2) is 50.5 Å². The monoisotopic (exact) mass is 457 g/mol. The average Bonchev–Trinajstić information content (AvgIpc) is 2.73. The number of nitrogens with one attached hydrogen (secondary N) is 1. The Morgan fingerprint density at radius 1 is 0.938 bits per heavy atom. The van der Waals surface area contributed by atoms with E-state index in [1.807, 2.05) is 13.8 Å². The first-order valence-corrected chi connectivity index (χ1v) is 11.7. The largest absolute Gasteiger partial charge is 0.425 e. The van der Waals surface area contributed by atoms with E-state index in [9.17, 15) is 18.0 Å². The van der Waals surface area contributed by atoms with E-state index in [1.54, 1.807) is 52.0 Å². The van der Waals surface area contributed by atoms with Gasteiger partial charge in [0.05, 0.1) is 4.90 Å². The van der Waals surface area contributed by atoms with Crippen molar-refractivity contribution in [2.75, 3.05) is 0 Å². The van der Waals surface area contributed by atoms with E-state index in [-0.39, 0.29) is 16.6 Å². The minimum Gasteiger partial charge on any atom is -0.425 e. The van der Waals surface area contributed by atoms with Crippen molar-refractivity contribution in [3.05, 3.63) is 69.1 Å². The van der Waals surface area contributed by atoms with Gasteiger partial charge in [-0.2, -0.15) is 4.72 Å². The van der Waals surface area contributed by atoms with Gasteiger partial charge in [-0.15, -0.1) is 0 Å². The Morgan fingerprint density at radius 2 is 1.56 bits per heavy atom. The quantitative estimate of drug-likeness (QED) is 0.342. The van der Waals surface area contributed by atoms with Crippen LogP contribution in [0.25, 0.3) is 11.0 Å². The number of esters is 1. The van der Waals surface area contributed by atoms with E-state index in [1.165, 1.54) is 12.1 Å². The molecule has 3 rings (SSSR count). The predicted molar refractivity (Wildman–Crippen MR) is 122 cm³/mol. The number of rotatable bonds is 6. The lowest BCUT2D eigenvalue weighted by Crippen LogP contribution is -2.46. The summed E-state index contributed by atoms with van der Waals surface area (Å²) in [4.78, 5) is 25.1. The van der Waals surface area contributed by atoms with Crippen LogP contribution in [0.2, 0.25) is 0 Å². The molecule has 1 N–H and O–H groups in total. The summed E-state index contributed by atoms with van der Waals surface area (Å²) in [6.07, 6.45) is 0. The molecule has 170 valence electrons. The summed E-state index contributed by atoms with van der Waals surface area (Å²) < 4.78 is 39.0.